The lowest BCUT2D eigenvalue weighted by Gasteiger charge is -2.32. The van der Waals surface area contributed by atoms with Crippen LogP contribution in [-0.2, 0) is 10.5 Å². The van der Waals surface area contributed by atoms with Crippen LogP contribution in [0.1, 0.15) is 39.3 Å². The number of aromatic carboxylic acids is 1. The van der Waals surface area contributed by atoms with Crippen LogP contribution < -0.4 is 0 Å². The van der Waals surface area contributed by atoms with Crippen LogP contribution >= 0.6 is 11.8 Å². The number of methoxy groups -OCH3 is 1. The Bertz CT molecular complexity index is 788. The number of carbonyl (C=O) groups excluding carboxylic acids is 1. The van der Waals surface area contributed by atoms with Gasteiger partial charge in [-0.2, -0.15) is 0 Å². The van der Waals surface area contributed by atoms with Gasteiger partial charge in [-0.1, -0.05) is 12.1 Å². The molecule has 26 heavy (non-hydrogen) atoms. The van der Waals surface area contributed by atoms with Gasteiger partial charge in [0, 0.05) is 25.1 Å². The minimum atomic E-state index is -1.02. The predicted octanol–water partition coefficient (Wildman–Crippen LogP) is 3.52. The van der Waals surface area contributed by atoms with Crippen LogP contribution in [0, 0.1) is 0 Å². The maximum absolute atomic E-state index is 13.0. The third-order valence-electron chi connectivity index (χ3n) is 4.45. The number of ether oxygens (including phenoxy) is 1. The van der Waals surface area contributed by atoms with Gasteiger partial charge >= 0.3 is 5.97 Å². The summed E-state index contributed by atoms with van der Waals surface area (Å²) in [6, 6.07) is 8.83. The van der Waals surface area contributed by atoms with Crippen molar-refractivity contribution >= 4 is 23.6 Å². The predicted molar refractivity (Wildman–Crippen MR) is 97.6 cm³/mol. The summed E-state index contributed by atoms with van der Waals surface area (Å²) < 4.78 is 10.7. The van der Waals surface area contributed by atoms with Gasteiger partial charge in [-0.15, -0.1) is 11.8 Å². The number of amides is 1. The van der Waals surface area contributed by atoms with Gasteiger partial charge in [0.25, 0.3) is 5.91 Å². The number of rotatable bonds is 6. The molecule has 7 heteroatoms. The van der Waals surface area contributed by atoms with E-state index in [2.05, 4.69) is 0 Å². The summed E-state index contributed by atoms with van der Waals surface area (Å²) in [7, 11) is 1.67. The summed E-state index contributed by atoms with van der Waals surface area (Å²) in [6.45, 7) is 1.31. The average Bonchev–Trinajstić information content (AvgIpc) is 3.15. The fourth-order valence-electron chi connectivity index (χ4n) is 3.04. The molecule has 0 saturated carbocycles. The molecular weight excluding hydrogens is 354 g/mol. The molecule has 0 bridgehead atoms. The summed E-state index contributed by atoms with van der Waals surface area (Å²) in [5, 5.41) is 9.17. The van der Waals surface area contributed by atoms with Crippen molar-refractivity contribution in [3.05, 3.63) is 53.5 Å². The van der Waals surface area contributed by atoms with Crippen molar-refractivity contribution in [3.8, 4) is 0 Å². The second-order valence-electron chi connectivity index (χ2n) is 6.10. The molecule has 1 atom stereocenters. The number of carboxylic acids is 1. The molecule has 2 aromatic rings. The Morgan fingerprint density at radius 3 is 2.88 bits per heavy atom. The smallest absolute Gasteiger partial charge is 0.339 e. The molecule has 1 aromatic heterocycles. The maximum atomic E-state index is 13.0. The molecule has 3 rings (SSSR count). The van der Waals surface area contributed by atoms with E-state index in [4.69, 9.17) is 9.15 Å². The van der Waals surface area contributed by atoms with Gasteiger partial charge in [-0.3, -0.25) is 4.79 Å². The van der Waals surface area contributed by atoms with Crippen LogP contribution in [0.3, 0.4) is 0 Å². The van der Waals surface area contributed by atoms with E-state index in [-0.39, 0.29) is 17.6 Å². The molecule has 0 aliphatic carbocycles. The third-order valence-corrected chi connectivity index (χ3v) is 5.52. The summed E-state index contributed by atoms with van der Waals surface area (Å²) in [5.41, 5.74) is 0.776. The molecular formula is C19H21NO5S. The molecule has 2 heterocycles. The molecule has 1 saturated heterocycles. The van der Waals surface area contributed by atoms with E-state index in [1.165, 1.54) is 24.1 Å². The Labute approximate surface area is 156 Å². The standard InChI is InChI=1S/C19H21NO5S/c1-24-13-5-4-9-20(11-13)18(21)15-6-2-3-7-17(15)26-12-16-14(19(22)23)8-10-25-16/h2-3,6-8,10,13H,4-5,9,11-12H2,1H3,(H,22,23). The maximum Gasteiger partial charge on any atom is 0.339 e. The molecule has 0 spiro atoms. The zero-order valence-electron chi connectivity index (χ0n) is 14.5. The van der Waals surface area contributed by atoms with Crippen molar-refractivity contribution in [2.75, 3.05) is 20.2 Å². The van der Waals surface area contributed by atoms with E-state index in [0.717, 1.165) is 24.3 Å². The highest BCUT2D eigenvalue weighted by atomic mass is 32.2. The van der Waals surface area contributed by atoms with Crippen LogP contribution in [0.4, 0.5) is 0 Å². The third kappa shape index (κ3) is 4.11. The molecule has 1 aliphatic rings. The van der Waals surface area contributed by atoms with E-state index in [9.17, 15) is 14.7 Å². The fourth-order valence-corrected chi connectivity index (χ4v) is 4.04. The van der Waals surface area contributed by atoms with Crippen LogP contribution in [0.25, 0.3) is 0 Å². The highest BCUT2D eigenvalue weighted by Gasteiger charge is 2.26. The normalized spacial score (nSPS) is 17.3. The minimum Gasteiger partial charge on any atom is -0.478 e. The Balaban J connectivity index is 1.74. The lowest BCUT2D eigenvalue weighted by molar-refractivity contribution is 0.0267. The average molecular weight is 375 g/mol. The van der Waals surface area contributed by atoms with Gasteiger partial charge in [-0.25, -0.2) is 4.79 Å². The quantitative estimate of drug-likeness (QED) is 0.778. The number of hydrogen-bond acceptors (Lipinski definition) is 5. The summed E-state index contributed by atoms with van der Waals surface area (Å²) in [6.07, 6.45) is 3.34. The monoisotopic (exact) mass is 375 g/mol. The van der Waals surface area contributed by atoms with E-state index in [0.29, 0.717) is 23.6 Å². The number of carboxylic acid groups (broad SMARTS) is 1. The van der Waals surface area contributed by atoms with Gasteiger partial charge in [-0.05, 0) is 31.0 Å². The fraction of sp³-hybridized carbons (Fsp3) is 0.368. The number of hydrogen-bond donors (Lipinski definition) is 1. The first-order valence-corrected chi connectivity index (χ1v) is 9.42. The molecule has 1 amide bonds. The van der Waals surface area contributed by atoms with Crippen LogP contribution in [0.15, 0.2) is 45.9 Å². The number of thioether (sulfide) groups is 1. The second-order valence-corrected chi connectivity index (χ2v) is 7.12. The number of likely N-dealkylation sites (tertiary alicyclic amines) is 1. The lowest BCUT2D eigenvalue weighted by atomic mass is 10.1. The first kappa shape index (κ1) is 18.5. The molecule has 138 valence electrons. The van der Waals surface area contributed by atoms with Crippen molar-refractivity contribution in [1.82, 2.24) is 4.90 Å². The Morgan fingerprint density at radius 1 is 1.31 bits per heavy atom. The Hall–Kier alpha value is -2.25. The van der Waals surface area contributed by atoms with Crippen LogP contribution in [-0.4, -0.2) is 48.2 Å². The van der Waals surface area contributed by atoms with Gasteiger partial charge in [0.2, 0.25) is 0 Å². The van der Waals surface area contributed by atoms with Gasteiger partial charge in [0.1, 0.15) is 11.3 Å². The highest BCUT2D eigenvalue weighted by molar-refractivity contribution is 7.98. The lowest BCUT2D eigenvalue weighted by Crippen LogP contribution is -2.43. The number of furan rings is 1. The highest BCUT2D eigenvalue weighted by Crippen LogP contribution is 2.29. The van der Waals surface area contributed by atoms with Crippen molar-refractivity contribution in [2.24, 2.45) is 0 Å². The van der Waals surface area contributed by atoms with Crippen molar-refractivity contribution in [3.63, 3.8) is 0 Å². The first-order valence-electron chi connectivity index (χ1n) is 8.43. The molecule has 1 N–H and O–H groups in total. The number of carbonyl (C=O) groups is 2. The van der Waals surface area contributed by atoms with E-state index in [1.807, 2.05) is 23.1 Å². The topological polar surface area (TPSA) is 80.0 Å². The molecule has 1 fully saturated rings. The molecule has 1 unspecified atom stereocenters. The molecule has 6 nitrogen and oxygen atoms in total. The molecule has 0 radical (unpaired) electrons. The van der Waals surface area contributed by atoms with Crippen LogP contribution in [0.2, 0.25) is 0 Å². The van der Waals surface area contributed by atoms with Gasteiger partial charge in [0.05, 0.1) is 23.7 Å². The van der Waals surface area contributed by atoms with Crippen molar-refractivity contribution in [2.45, 2.75) is 29.6 Å². The van der Waals surface area contributed by atoms with E-state index >= 15 is 0 Å². The number of benzene rings is 1. The van der Waals surface area contributed by atoms with Crippen molar-refractivity contribution < 1.29 is 23.8 Å². The zero-order valence-corrected chi connectivity index (χ0v) is 15.3. The van der Waals surface area contributed by atoms with Gasteiger partial charge < -0.3 is 19.2 Å². The molecule has 1 aromatic carbocycles. The summed E-state index contributed by atoms with van der Waals surface area (Å²) in [5.74, 6) is -0.299. The van der Waals surface area contributed by atoms with E-state index in [1.54, 1.807) is 13.2 Å². The van der Waals surface area contributed by atoms with Crippen molar-refractivity contribution in [1.29, 1.82) is 0 Å². The SMILES string of the molecule is COC1CCCN(C(=O)c2ccccc2SCc2occc2C(=O)O)C1. The summed E-state index contributed by atoms with van der Waals surface area (Å²) in [4.78, 5) is 26.8. The second kappa shape index (κ2) is 8.42. The van der Waals surface area contributed by atoms with E-state index < -0.39 is 5.97 Å². The number of piperidine rings is 1. The minimum absolute atomic E-state index is 0.0206. The Morgan fingerprint density at radius 2 is 2.12 bits per heavy atom. The van der Waals surface area contributed by atoms with Crippen LogP contribution in [0.5, 0.6) is 0 Å². The van der Waals surface area contributed by atoms with Gasteiger partial charge in [0.15, 0.2) is 0 Å². The Kier molecular flexibility index (Phi) is 6.00. The first-order chi connectivity index (χ1) is 12.6. The number of nitrogens with zero attached hydrogens (tertiary/aromatic N) is 1. The zero-order chi connectivity index (χ0) is 18.5. The largest absolute Gasteiger partial charge is 0.478 e. The molecule has 1 aliphatic heterocycles. The summed E-state index contributed by atoms with van der Waals surface area (Å²) >= 11 is 1.40.